The van der Waals surface area contributed by atoms with Crippen molar-refractivity contribution in [2.24, 2.45) is 0 Å². The van der Waals surface area contributed by atoms with Crippen LogP contribution in [0.1, 0.15) is 24.5 Å². The first kappa shape index (κ1) is 13.5. The molecule has 0 aliphatic heterocycles. The summed E-state index contributed by atoms with van der Waals surface area (Å²) in [6, 6.07) is 5.72. The van der Waals surface area contributed by atoms with Crippen molar-refractivity contribution in [1.29, 1.82) is 0 Å². The van der Waals surface area contributed by atoms with Crippen molar-refractivity contribution in [2.45, 2.75) is 32.3 Å². The third-order valence-electron chi connectivity index (χ3n) is 2.78. The van der Waals surface area contributed by atoms with Crippen LogP contribution >= 0.6 is 0 Å². The monoisotopic (exact) mass is 238 g/mol. The molecule has 0 spiro atoms. The Kier molecular flexibility index (Phi) is 4.12. The van der Waals surface area contributed by atoms with Gasteiger partial charge in [-0.25, -0.2) is 4.79 Å². The van der Waals surface area contributed by atoms with Gasteiger partial charge in [0, 0.05) is 0 Å². The van der Waals surface area contributed by atoms with E-state index in [0.717, 1.165) is 16.9 Å². The van der Waals surface area contributed by atoms with E-state index in [0.29, 0.717) is 6.42 Å². The lowest BCUT2D eigenvalue weighted by Gasteiger charge is -2.18. The van der Waals surface area contributed by atoms with E-state index in [9.17, 15) is 9.90 Å². The Labute approximate surface area is 101 Å². The highest BCUT2D eigenvalue weighted by Crippen LogP contribution is 2.23. The van der Waals surface area contributed by atoms with Gasteiger partial charge in [-0.2, -0.15) is 0 Å². The first-order valence-corrected chi connectivity index (χ1v) is 5.46. The van der Waals surface area contributed by atoms with E-state index in [1.54, 1.807) is 7.11 Å². The number of aryl methyl sites for hydroxylation is 2. The lowest BCUT2D eigenvalue weighted by atomic mass is 9.96. The van der Waals surface area contributed by atoms with Crippen molar-refractivity contribution >= 4 is 5.97 Å². The summed E-state index contributed by atoms with van der Waals surface area (Å²) in [7, 11) is 1.57. The van der Waals surface area contributed by atoms with E-state index >= 15 is 0 Å². The Morgan fingerprint density at radius 2 is 2.12 bits per heavy atom. The lowest BCUT2D eigenvalue weighted by molar-refractivity contribution is -0.157. The Bertz CT molecular complexity index is 410. The molecule has 0 aliphatic carbocycles. The Morgan fingerprint density at radius 1 is 1.47 bits per heavy atom. The minimum atomic E-state index is -1.70. The number of aliphatic hydroxyl groups is 1. The highest BCUT2D eigenvalue weighted by atomic mass is 16.5. The maximum atomic E-state index is 10.8. The molecule has 0 fully saturated rings. The summed E-state index contributed by atoms with van der Waals surface area (Å²) in [4.78, 5) is 10.8. The third kappa shape index (κ3) is 3.46. The Morgan fingerprint density at radius 3 is 2.65 bits per heavy atom. The number of rotatable bonds is 5. The van der Waals surface area contributed by atoms with Crippen molar-refractivity contribution in [3.63, 3.8) is 0 Å². The highest BCUT2D eigenvalue weighted by Gasteiger charge is 2.29. The minimum absolute atomic E-state index is 0.155. The quantitative estimate of drug-likeness (QED) is 0.820. The summed E-state index contributed by atoms with van der Waals surface area (Å²) in [6.45, 7) is 3.26. The van der Waals surface area contributed by atoms with Gasteiger partial charge in [-0.1, -0.05) is 17.7 Å². The molecule has 1 aromatic rings. The van der Waals surface area contributed by atoms with Crippen LogP contribution in [0.4, 0.5) is 0 Å². The number of benzene rings is 1. The van der Waals surface area contributed by atoms with Crippen LogP contribution in [-0.4, -0.2) is 28.9 Å². The number of hydrogen-bond acceptors (Lipinski definition) is 3. The molecule has 0 bridgehead atoms. The summed E-state index contributed by atoms with van der Waals surface area (Å²) in [5, 5.41) is 18.5. The summed E-state index contributed by atoms with van der Waals surface area (Å²) < 4.78 is 5.20. The molecule has 17 heavy (non-hydrogen) atoms. The molecule has 0 saturated carbocycles. The maximum absolute atomic E-state index is 10.8. The van der Waals surface area contributed by atoms with Crippen molar-refractivity contribution < 1.29 is 19.7 Å². The van der Waals surface area contributed by atoms with Gasteiger partial charge in [0.05, 0.1) is 7.11 Å². The van der Waals surface area contributed by atoms with Crippen LogP contribution < -0.4 is 4.74 Å². The fourth-order valence-corrected chi connectivity index (χ4v) is 1.59. The van der Waals surface area contributed by atoms with Crippen LogP contribution in [0.3, 0.4) is 0 Å². The molecule has 4 nitrogen and oxygen atoms in total. The van der Waals surface area contributed by atoms with E-state index in [1.807, 2.05) is 25.1 Å². The second-order valence-corrected chi connectivity index (χ2v) is 4.39. The van der Waals surface area contributed by atoms with Gasteiger partial charge < -0.3 is 14.9 Å². The SMILES string of the molecule is COc1ccc(C)cc1CCC(C)(O)C(=O)O. The molecule has 0 radical (unpaired) electrons. The molecule has 4 heteroatoms. The van der Waals surface area contributed by atoms with Crippen molar-refractivity contribution in [3.05, 3.63) is 29.3 Å². The highest BCUT2D eigenvalue weighted by molar-refractivity contribution is 5.76. The van der Waals surface area contributed by atoms with Crippen molar-refractivity contribution in [1.82, 2.24) is 0 Å². The molecule has 0 aromatic heterocycles. The number of ether oxygens (including phenoxy) is 1. The van der Waals surface area contributed by atoms with E-state index in [2.05, 4.69) is 0 Å². The molecular formula is C13H18O4. The first-order chi connectivity index (χ1) is 7.86. The molecule has 2 N–H and O–H groups in total. The Hall–Kier alpha value is -1.55. The number of aliphatic carboxylic acids is 1. The Balaban J connectivity index is 2.81. The van der Waals surface area contributed by atoms with Crippen LogP contribution in [0.2, 0.25) is 0 Å². The fourth-order valence-electron chi connectivity index (χ4n) is 1.59. The minimum Gasteiger partial charge on any atom is -0.496 e. The van der Waals surface area contributed by atoms with Gasteiger partial charge in [-0.3, -0.25) is 0 Å². The zero-order chi connectivity index (χ0) is 13.1. The average Bonchev–Trinajstić information content (AvgIpc) is 2.26. The zero-order valence-corrected chi connectivity index (χ0v) is 10.4. The predicted octanol–water partition coefficient (Wildman–Crippen LogP) is 1.77. The smallest absolute Gasteiger partial charge is 0.335 e. The van der Waals surface area contributed by atoms with Gasteiger partial charge in [-0.05, 0) is 38.3 Å². The van der Waals surface area contributed by atoms with Gasteiger partial charge in [-0.15, -0.1) is 0 Å². The van der Waals surface area contributed by atoms with Gasteiger partial charge >= 0.3 is 5.97 Å². The van der Waals surface area contributed by atoms with Crippen molar-refractivity contribution in [2.75, 3.05) is 7.11 Å². The normalized spacial score (nSPS) is 14.1. The average molecular weight is 238 g/mol. The molecule has 1 aromatic carbocycles. The molecule has 0 saturated heterocycles. The summed E-state index contributed by atoms with van der Waals surface area (Å²) in [6.07, 6.45) is 0.617. The van der Waals surface area contributed by atoms with Gasteiger partial charge in [0.2, 0.25) is 0 Å². The van der Waals surface area contributed by atoms with Crippen LogP contribution in [0.15, 0.2) is 18.2 Å². The van der Waals surface area contributed by atoms with Crippen molar-refractivity contribution in [3.8, 4) is 5.75 Å². The molecule has 1 rings (SSSR count). The maximum Gasteiger partial charge on any atom is 0.335 e. The van der Waals surface area contributed by atoms with E-state index < -0.39 is 11.6 Å². The summed E-state index contributed by atoms with van der Waals surface area (Å²) in [5.74, 6) is -0.485. The largest absolute Gasteiger partial charge is 0.496 e. The predicted molar refractivity (Wildman–Crippen MR) is 64.3 cm³/mol. The molecule has 0 aliphatic rings. The van der Waals surface area contributed by atoms with Crippen LogP contribution in [0.25, 0.3) is 0 Å². The van der Waals surface area contributed by atoms with Gasteiger partial charge in [0.15, 0.2) is 5.60 Å². The third-order valence-corrected chi connectivity index (χ3v) is 2.78. The number of methoxy groups -OCH3 is 1. The summed E-state index contributed by atoms with van der Waals surface area (Å²) >= 11 is 0. The zero-order valence-electron chi connectivity index (χ0n) is 10.4. The van der Waals surface area contributed by atoms with Crippen LogP contribution in [0.5, 0.6) is 5.75 Å². The molecule has 94 valence electrons. The molecule has 0 heterocycles. The molecule has 1 unspecified atom stereocenters. The number of carboxylic acid groups (broad SMARTS) is 1. The molecule has 0 amide bonds. The number of carbonyl (C=O) groups is 1. The number of carboxylic acids is 1. The lowest BCUT2D eigenvalue weighted by Crippen LogP contribution is -2.35. The second-order valence-electron chi connectivity index (χ2n) is 4.39. The fraction of sp³-hybridized carbons (Fsp3) is 0.462. The molecular weight excluding hydrogens is 220 g/mol. The topological polar surface area (TPSA) is 66.8 Å². The second kappa shape index (κ2) is 5.19. The van der Waals surface area contributed by atoms with E-state index in [-0.39, 0.29) is 6.42 Å². The van der Waals surface area contributed by atoms with Crippen LogP contribution in [0, 0.1) is 6.92 Å². The first-order valence-electron chi connectivity index (χ1n) is 5.46. The summed E-state index contributed by atoms with van der Waals surface area (Å²) in [5.41, 5.74) is 0.291. The number of hydrogen-bond donors (Lipinski definition) is 2. The van der Waals surface area contributed by atoms with E-state index in [4.69, 9.17) is 9.84 Å². The van der Waals surface area contributed by atoms with Crippen LogP contribution in [-0.2, 0) is 11.2 Å². The van der Waals surface area contributed by atoms with Gasteiger partial charge in [0.1, 0.15) is 5.75 Å². The standard InChI is InChI=1S/C13H18O4/c1-9-4-5-11(17-3)10(8-9)6-7-13(2,16)12(14)15/h4-5,8,16H,6-7H2,1-3H3,(H,14,15). The van der Waals surface area contributed by atoms with Gasteiger partial charge in [0.25, 0.3) is 0 Å². The van der Waals surface area contributed by atoms with E-state index in [1.165, 1.54) is 6.92 Å². The molecule has 1 atom stereocenters.